The number of nitro groups is 2. The van der Waals surface area contributed by atoms with Crippen molar-refractivity contribution in [3.8, 4) is 0 Å². The van der Waals surface area contributed by atoms with Crippen molar-refractivity contribution >= 4 is 23.3 Å². The molecule has 13 heteroatoms. The van der Waals surface area contributed by atoms with Gasteiger partial charge in [-0.25, -0.2) is 4.79 Å². The van der Waals surface area contributed by atoms with Gasteiger partial charge < -0.3 is 14.6 Å². The maximum atomic E-state index is 13.4. The summed E-state index contributed by atoms with van der Waals surface area (Å²) in [6.45, 7) is 3.21. The summed E-state index contributed by atoms with van der Waals surface area (Å²) in [6, 6.07) is 15.2. The standard InChI is InChI=1S/C27H30N4O9/c1-17-23(26(33)39-13-12-29(3)15-19-8-5-4-6-9-19)25(20-10-7-11-21(14-20)30(35)36)24(18(2)28-17)27(34)40-16-22(32)31(37)38/h4-11,14,22,24-25,32H,12-13,15-16H2,1-3H3. The molecule has 2 aromatic rings. The molecule has 1 N–H and O–H groups in total. The van der Waals surface area contributed by atoms with E-state index >= 15 is 0 Å². The second kappa shape index (κ2) is 13.5. The molecule has 3 rings (SSSR count). The third-order valence-corrected chi connectivity index (χ3v) is 6.36. The van der Waals surface area contributed by atoms with Crippen LogP contribution in [0.1, 0.15) is 30.9 Å². The van der Waals surface area contributed by atoms with Gasteiger partial charge in [0.05, 0.1) is 15.4 Å². The van der Waals surface area contributed by atoms with E-state index in [9.17, 15) is 34.9 Å². The lowest BCUT2D eigenvalue weighted by atomic mass is 9.75. The van der Waals surface area contributed by atoms with E-state index in [1.807, 2.05) is 42.3 Å². The van der Waals surface area contributed by atoms with Crippen LogP contribution in [0.3, 0.4) is 0 Å². The number of non-ortho nitro benzene ring substituents is 1. The van der Waals surface area contributed by atoms with Crippen molar-refractivity contribution in [2.75, 3.05) is 26.8 Å². The summed E-state index contributed by atoms with van der Waals surface area (Å²) in [5.41, 5.74) is 1.57. The number of carbonyl (C=O) groups is 2. The minimum absolute atomic E-state index is 0.00795. The van der Waals surface area contributed by atoms with Crippen molar-refractivity contribution in [2.24, 2.45) is 10.9 Å². The van der Waals surface area contributed by atoms with Gasteiger partial charge in [-0.15, -0.1) is 0 Å². The van der Waals surface area contributed by atoms with Crippen LogP contribution in [0.25, 0.3) is 0 Å². The molecule has 3 atom stereocenters. The molecule has 1 aliphatic heterocycles. The first-order valence-electron chi connectivity index (χ1n) is 12.4. The quantitative estimate of drug-likeness (QED) is 0.178. The number of allylic oxidation sites excluding steroid dienone is 1. The Morgan fingerprint density at radius 2 is 1.77 bits per heavy atom. The van der Waals surface area contributed by atoms with Crippen LogP contribution >= 0.6 is 0 Å². The van der Waals surface area contributed by atoms with Gasteiger partial charge in [-0.2, -0.15) is 0 Å². The first-order valence-corrected chi connectivity index (χ1v) is 12.4. The molecule has 1 heterocycles. The molecule has 0 spiro atoms. The van der Waals surface area contributed by atoms with Crippen LogP contribution < -0.4 is 0 Å². The third-order valence-electron chi connectivity index (χ3n) is 6.36. The van der Waals surface area contributed by atoms with Crippen LogP contribution in [0.15, 0.2) is 70.9 Å². The maximum Gasteiger partial charge on any atom is 0.347 e. The van der Waals surface area contributed by atoms with Crippen molar-refractivity contribution in [1.82, 2.24) is 4.90 Å². The molecule has 0 fully saturated rings. The third kappa shape index (κ3) is 7.55. The van der Waals surface area contributed by atoms with E-state index in [2.05, 4.69) is 4.99 Å². The number of hydrogen-bond donors (Lipinski definition) is 1. The highest BCUT2D eigenvalue weighted by Gasteiger charge is 2.43. The van der Waals surface area contributed by atoms with Gasteiger partial charge in [0.15, 0.2) is 6.61 Å². The number of nitro benzene ring substituents is 1. The van der Waals surface area contributed by atoms with Gasteiger partial charge in [0, 0.05) is 42.5 Å². The monoisotopic (exact) mass is 554 g/mol. The number of ether oxygens (including phenoxy) is 2. The summed E-state index contributed by atoms with van der Waals surface area (Å²) in [7, 11) is 1.87. The first-order chi connectivity index (χ1) is 19.0. The summed E-state index contributed by atoms with van der Waals surface area (Å²) >= 11 is 0. The highest BCUT2D eigenvalue weighted by molar-refractivity contribution is 6.07. The molecule has 0 aliphatic carbocycles. The molecule has 0 amide bonds. The van der Waals surface area contributed by atoms with E-state index in [0.717, 1.165) is 5.56 Å². The Labute approximate surface area is 230 Å². The van der Waals surface area contributed by atoms with Crippen LogP contribution in [0.2, 0.25) is 0 Å². The number of carbonyl (C=O) groups excluding carboxylic acids is 2. The highest BCUT2D eigenvalue weighted by atomic mass is 16.7. The van der Waals surface area contributed by atoms with Gasteiger partial charge in [-0.05, 0) is 32.0 Å². The minimum Gasteiger partial charge on any atom is -0.461 e. The minimum atomic E-state index is -2.14. The number of esters is 2. The van der Waals surface area contributed by atoms with Crippen molar-refractivity contribution in [2.45, 2.75) is 32.5 Å². The van der Waals surface area contributed by atoms with Crippen LogP contribution in [0.5, 0.6) is 0 Å². The summed E-state index contributed by atoms with van der Waals surface area (Å²) in [5, 5.41) is 31.7. The Kier molecular flexibility index (Phi) is 10.2. The van der Waals surface area contributed by atoms with E-state index in [1.165, 1.54) is 31.2 Å². The van der Waals surface area contributed by atoms with Crippen molar-refractivity contribution in [1.29, 1.82) is 0 Å². The molecule has 212 valence electrons. The number of aliphatic hydroxyl groups excluding tert-OH is 1. The van der Waals surface area contributed by atoms with E-state index < -0.39 is 46.5 Å². The summed E-state index contributed by atoms with van der Waals surface area (Å²) in [4.78, 5) is 53.5. The van der Waals surface area contributed by atoms with E-state index in [0.29, 0.717) is 13.1 Å². The summed E-state index contributed by atoms with van der Waals surface area (Å²) < 4.78 is 10.6. The van der Waals surface area contributed by atoms with Gasteiger partial charge in [0.2, 0.25) is 0 Å². The molecule has 0 radical (unpaired) electrons. The average molecular weight is 555 g/mol. The van der Waals surface area contributed by atoms with Crippen molar-refractivity contribution < 1.29 is 34.0 Å². The van der Waals surface area contributed by atoms with E-state index in [-0.39, 0.29) is 34.8 Å². The Balaban J connectivity index is 1.87. The molecule has 1 aliphatic rings. The molecule has 3 unspecified atom stereocenters. The summed E-state index contributed by atoms with van der Waals surface area (Å²) in [5.74, 6) is -4.10. The molecule has 0 saturated carbocycles. The van der Waals surface area contributed by atoms with Crippen LogP contribution in [-0.4, -0.2) is 70.5 Å². The zero-order chi connectivity index (χ0) is 29.4. The maximum absolute atomic E-state index is 13.4. The Hall–Kier alpha value is -4.49. The topological polar surface area (TPSA) is 175 Å². The number of likely N-dealkylation sites (N-methyl/N-ethyl adjacent to an activating group) is 1. The number of rotatable bonds is 12. The lowest BCUT2D eigenvalue weighted by Crippen LogP contribution is -2.38. The molecule has 13 nitrogen and oxygen atoms in total. The zero-order valence-electron chi connectivity index (χ0n) is 22.3. The van der Waals surface area contributed by atoms with Gasteiger partial charge in [0.1, 0.15) is 12.5 Å². The van der Waals surface area contributed by atoms with Crippen molar-refractivity contribution in [3.05, 3.63) is 97.2 Å². The predicted octanol–water partition coefficient (Wildman–Crippen LogP) is 2.86. The van der Waals surface area contributed by atoms with Gasteiger partial charge in [-0.1, -0.05) is 42.5 Å². The lowest BCUT2D eigenvalue weighted by Gasteiger charge is -2.31. The van der Waals surface area contributed by atoms with Gasteiger partial charge in [0.25, 0.3) is 5.69 Å². The largest absolute Gasteiger partial charge is 0.461 e. The molecular formula is C27H30N4O9. The van der Waals surface area contributed by atoms with Crippen LogP contribution in [0.4, 0.5) is 5.69 Å². The summed E-state index contributed by atoms with van der Waals surface area (Å²) in [6.07, 6.45) is -2.14. The molecule has 40 heavy (non-hydrogen) atoms. The number of aliphatic hydroxyl groups is 1. The molecule has 0 aromatic heterocycles. The van der Waals surface area contributed by atoms with Gasteiger partial charge >= 0.3 is 18.2 Å². The molecule has 0 bridgehead atoms. The second-order valence-electron chi connectivity index (χ2n) is 9.32. The normalized spacial score (nSPS) is 17.7. The van der Waals surface area contributed by atoms with E-state index in [1.54, 1.807) is 6.92 Å². The van der Waals surface area contributed by atoms with E-state index in [4.69, 9.17) is 9.47 Å². The smallest absolute Gasteiger partial charge is 0.347 e. The molecular weight excluding hydrogens is 524 g/mol. The van der Waals surface area contributed by atoms with Crippen molar-refractivity contribution in [3.63, 3.8) is 0 Å². The molecule has 0 saturated heterocycles. The van der Waals surface area contributed by atoms with Gasteiger partial charge in [-0.3, -0.25) is 34.9 Å². The second-order valence-corrected chi connectivity index (χ2v) is 9.32. The lowest BCUT2D eigenvalue weighted by molar-refractivity contribution is -0.573. The number of nitrogens with zero attached hydrogens (tertiary/aromatic N) is 4. The number of hydrogen-bond acceptors (Lipinski definition) is 11. The van der Waals surface area contributed by atoms with Crippen LogP contribution in [-0.2, 0) is 25.6 Å². The average Bonchev–Trinajstić information content (AvgIpc) is 2.91. The Morgan fingerprint density at radius 3 is 2.42 bits per heavy atom. The predicted molar refractivity (Wildman–Crippen MR) is 143 cm³/mol. The SMILES string of the molecule is CC1=NC(C)=C(C(=O)OCCN(C)Cc2ccccc2)C(c2cccc([N+](=O)[O-])c2)C1C(=O)OCC(O)[N+](=O)[O-]. The molecule has 2 aromatic carbocycles. The fourth-order valence-corrected chi connectivity index (χ4v) is 4.45. The fraction of sp³-hybridized carbons (Fsp3) is 0.370. The van der Waals surface area contributed by atoms with Crippen LogP contribution in [0, 0.1) is 26.1 Å². The Morgan fingerprint density at radius 1 is 1.07 bits per heavy atom. The Bertz CT molecular complexity index is 1330. The fourth-order valence-electron chi connectivity index (χ4n) is 4.45. The first kappa shape index (κ1) is 30.1. The number of benzene rings is 2. The zero-order valence-corrected chi connectivity index (χ0v) is 22.3. The number of aliphatic imine (C=N–C) groups is 1. The highest BCUT2D eigenvalue weighted by Crippen LogP contribution is 2.41.